The summed E-state index contributed by atoms with van der Waals surface area (Å²) < 4.78 is 5.14. The van der Waals surface area contributed by atoms with E-state index < -0.39 is 0 Å². The van der Waals surface area contributed by atoms with Crippen LogP contribution in [0.15, 0.2) is 4.52 Å². The summed E-state index contributed by atoms with van der Waals surface area (Å²) in [5.74, 6) is -0.157. The number of hydrogen-bond donors (Lipinski definition) is 1. The zero-order valence-electron chi connectivity index (χ0n) is 14.1. The van der Waals surface area contributed by atoms with Crippen LogP contribution in [0.2, 0.25) is 0 Å². The van der Waals surface area contributed by atoms with Gasteiger partial charge >= 0.3 is 0 Å². The van der Waals surface area contributed by atoms with E-state index in [-0.39, 0.29) is 42.5 Å². The van der Waals surface area contributed by atoms with E-state index in [2.05, 4.69) is 10.5 Å². The van der Waals surface area contributed by atoms with E-state index in [0.717, 1.165) is 25.7 Å². The number of nitrogens with zero attached hydrogens (tertiary/aromatic N) is 2. The molecule has 1 saturated carbocycles. The Bertz CT molecular complexity index is 643. The number of hydrogen-bond acceptors (Lipinski definition) is 5. The van der Waals surface area contributed by atoms with Crippen LogP contribution in [0, 0.1) is 18.8 Å². The molecule has 7 heteroatoms. The van der Waals surface area contributed by atoms with Crippen LogP contribution in [0.1, 0.15) is 50.5 Å². The third-order valence-corrected chi connectivity index (χ3v) is 5.01. The van der Waals surface area contributed by atoms with Gasteiger partial charge in [-0.3, -0.25) is 19.3 Å². The van der Waals surface area contributed by atoms with Crippen molar-refractivity contribution < 1.29 is 18.9 Å². The minimum atomic E-state index is -0.244. The predicted molar refractivity (Wildman–Crippen MR) is 86.0 cm³/mol. The van der Waals surface area contributed by atoms with Gasteiger partial charge in [-0.2, -0.15) is 0 Å². The number of carbonyl (C=O) groups is 3. The fraction of sp³-hybridized carbons (Fsp3) is 0.647. The van der Waals surface area contributed by atoms with Crippen LogP contribution >= 0.6 is 0 Å². The second kappa shape index (κ2) is 6.75. The second-order valence-corrected chi connectivity index (χ2v) is 6.54. The fourth-order valence-corrected chi connectivity index (χ4v) is 3.68. The molecule has 2 aliphatic rings. The predicted octanol–water partition coefficient (Wildman–Crippen LogP) is 2.05. The molecule has 1 N–H and O–H groups in total. The third kappa shape index (κ3) is 2.95. The van der Waals surface area contributed by atoms with E-state index in [1.807, 2.05) is 6.92 Å². The first-order valence-electron chi connectivity index (χ1n) is 8.63. The molecular weight excluding hydrogens is 310 g/mol. The number of aromatic nitrogens is 1. The van der Waals surface area contributed by atoms with Crippen molar-refractivity contribution in [3.05, 3.63) is 11.5 Å². The number of rotatable bonds is 5. The van der Waals surface area contributed by atoms with Crippen molar-refractivity contribution in [3.63, 3.8) is 0 Å². The number of fused-ring (bicyclic) bond motifs is 1. The summed E-state index contributed by atoms with van der Waals surface area (Å²) in [5, 5.41) is 6.62. The highest BCUT2D eigenvalue weighted by molar-refractivity contribution is 6.05. The van der Waals surface area contributed by atoms with E-state index in [1.54, 1.807) is 6.92 Å². The molecular formula is C17H23N3O4. The van der Waals surface area contributed by atoms with Gasteiger partial charge in [0.25, 0.3) is 0 Å². The first kappa shape index (κ1) is 16.7. The van der Waals surface area contributed by atoms with Gasteiger partial charge in [0.15, 0.2) is 5.76 Å². The van der Waals surface area contributed by atoms with Crippen molar-refractivity contribution in [2.24, 2.45) is 11.8 Å². The van der Waals surface area contributed by atoms with E-state index in [4.69, 9.17) is 4.52 Å². The number of amides is 3. The lowest BCUT2D eigenvalue weighted by atomic mass is 9.81. The maximum atomic E-state index is 12.4. The molecule has 1 aliphatic heterocycles. The molecule has 0 radical (unpaired) electrons. The zero-order chi connectivity index (χ0) is 17.3. The van der Waals surface area contributed by atoms with Gasteiger partial charge < -0.3 is 9.84 Å². The Morgan fingerprint density at radius 3 is 2.46 bits per heavy atom. The van der Waals surface area contributed by atoms with Crippen molar-refractivity contribution >= 4 is 23.4 Å². The molecule has 24 heavy (non-hydrogen) atoms. The first-order chi connectivity index (χ1) is 11.5. The third-order valence-electron chi connectivity index (χ3n) is 5.01. The van der Waals surface area contributed by atoms with Crippen molar-refractivity contribution in [1.82, 2.24) is 10.1 Å². The molecule has 0 aromatic carbocycles. The number of likely N-dealkylation sites (tertiary alicyclic amines) is 1. The Labute approximate surface area is 140 Å². The van der Waals surface area contributed by atoms with Crippen molar-refractivity contribution in [3.8, 4) is 0 Å². The highest BCUT2D eigenvalue weighted by Crippen LogP contribution is 2.38. The zero-order valence-corrected chi connectivity index (χ0v) is 14.1. The molecule has 7 nitrogen and oxygen atoms in total. The van der Waals surface area contributed by atoms with Gasteiger partial charge in [0, 0.05) is 19.4 Å². The molecule has 0 bridgehead atoms. The highest BCUT2D eigenvalue weighted by Gasteiger charge is 2.47. The van der Waals surface area contributed by atoms with Crippen molar-refractivity contribution in [1.29, 1.82) is 0 Å². The van der Waals surface area contributed by atoms with Crippen LogP contribution in [0.4, 0.5) is 5.69 Å². The minimum Gasteiger partial charge on any atom is -0.359 e. The molecule has 2 heterocycles. The molecule has 1 aromatic rings. The number of aryl methyl sites for hydroxylation is 2. The van der Waals surface area contributed by atoms with Crippen LogP contribution < -0.4 is 5.32 Å². The summed E-state index contributed by atoms with van der Waals surface area (Å²) in [6.07, 6.45) is 4.30. The number of imide groups is 1. The summed E-state index contributed by atoms with van der Waals surface area (Å²) >= 11 is 0. The molecule has 0 spiro atoms. The second-order valence-electron chi connectivity index (χ2n) is 6.54. The summed E-state index contributed by atoms with van der Waals surface area (Å²) in [4.78, 5) is 38.2. The number of nitrogens with one attached hydrogen (secondary N) is 1. The quantitative estimate of drug-likeness (QED) is 0.833. The van der Waals surface area contributed by atoms with Crippen LogP contribution in [-0.4, -0.2) is 34.3 Å². The monoisotopic (exact) mass is 333 g/mol. The molecule has 1 saturated heterocycles. The minimum absolute atomic E-state index is 0.0880. The van der Waals surface area contributed by atoms with Crippen LogP contribution in [0.25, 0.3) is 0 Å². The molecule has 130 valence electrons. The molecule has 3 rings (SSSR count). The molecule has 3 amide bonds. The molecule has 0 unspecified atom stereocenters. The molecule has 2 atom stereocenters. The SMILES string of the molecule is CCc1onc(C)c1NC(=O)CCN1C(=O)[C@H]2CCCC[C@@H]2C1=O. The maximum Gasteiger partial charge on any atom is 0.233 e. The largest absolute Gasteiger partial charge is 0.359 e. The van der Waals surface area contributed by atoms with Gasteiger partial charge in [-0.15, -0.1) is 0 Å². The normalized spacial score (nSPS) is 23.5. The summed E-state index contributed by atoms with van der Waals surface area (Å²) in [6, 6.07) is 0. The highest BCUT2D eigenvalue weighted by atomic mass is 16.5. The van der Waals surface area contributed by atoms with Crippen LogP contribution in [0.5, 0.6) is 0 Å². The van der Waals surface area contributed by atoms with Crippen molar-refractivity contribution in [2.75, 3.05) is 11.9 Å². The smallest absolute Gasteiger partial charge is 0.233 e. The Hall–Kier alpha value is -2.18. The van der Waals surface area contributed by atoms with E-state index in [1.165, 1.54) is 4.90 Å². The summed E-state index contributed by atoms with van der Waals surface area (Å²) in [5.41, 5.74) is 1.22. The van der Waals surface area contributed by atoms with Gasteiger partial charge in [-0.1, -0.05) is 24.9 Å². The van der Waals surface area contributed by atoms with Crippen LogP contribution in [-0.2, 0) is 20.8 Å². The van der Waals surface area contributed by atoms with E-state index >= 15 is 0 Å². The molecule has 1 aromatic heterocycles. The number of anilines is 1. The number of carbonyl (C=O) groups excluding carboxylic acids is 3. The molecule has 2 fully saturated rings. The lowest BCUT2D eigenvalue weighted by molar-refractivity contribution is -0.140. The summed E-state index contributed by atoms with van der Waals surface area (Å²) in [7, 11) is 0. The average Bonchev–Trinajstić information content (AvgIpc) is 3.05. The van der Waals surface area contributed by atoms with Gasteiger partial charge in [0.2, 0.25) is 17.7 Å². The standard InChI is InChI=1S/C17H23N3O4/c1-3-13-15(10(2)19-24-13)18-14(21)8-9-20-16(22)11-6-4-5-7-12(11)17(20)23/h11-12H,3-9H2,1-2H3,(H,18,21)/t11-,12-/m0/s1. The summed E-state index contributed by atoms with van der Waals surface area (Å²) in [6.45, 7) is 3.82. The fourth-order valence-electron chi connectivity index (χ4n) is 3.68. The molecule has 1 aliphatic carbocycles. The van der Waals surface area contributed by atoms with Gasteiger partial charge in [0.1, 0.15) is 11.4 Å². The Kier molecular flexibility index (Phi) is 4.69. The maximum absolute atomic E-state index is 12.4. The van der Waals surface area contributed by atoms with Gasteiger partial charge in [0.05, 0.1) is 11.8 Å². The van der Waals surface area contributed by atoms with Crippen LogP contribution in [0.3, 0.4) is 0 Å². The Balaban J connectivity index is 1.59. The Morgan fingerprint density at radius 1 is 1.25 bits per heavy atom. The van der Waals surface area contributed by atoms with Gasteiger partial charge in [-0.05, 0) is 19.8 Å². The van der Waals surface area contributed by atoms with Gasteiger partial charge in [-0.25, -0.2) is 0 Å². The first-order valence-corrected chi connectivity index (χ1v) is 8.63. The van der Waals surface area contributed by atoms with E-state index in [9.17, 15) is 14.4 Å². The lowest BCUT2D eigenvalue weighted by Crippen LogP contribution is -2.34. The Morgan fingerprint density at radius 2 is 1.88 bits per heavy atom. The topological polar surface area (TPSA) is 92.5 Å². The van der Waals surface area contributed by atoms with Crippen molar-refractivity contribution in [2.45, 2.75) is 52.4 Å². The lowest BCUT2D eigenvalue weighted by Gasteiger charge is -2.19. The van der Waals surface area contributed by atoms with E-state index in [0.29, 0.717) is 23.6 Å². The average molecular weight is 333 g/mol.